The van der Waals surface area contributed by atoms with Crippen LogP contribution in [0.1, 0.15) is 32.6 Å². The van der Waals surface area contributed by atoms with Crippen molar-refractivity contribution in [2.75, 3.05) is 5.75 Å². The van der Waals surface area contributed by atoms with Crippen molar-refractivity contribution in [2.24, 2.45) is 11.5 Å². The molecule has 0 spiro atoms. The number of carbonyl (C=O) groups is 6. The number of hydrogen-bond acceptors (Lipinski definition) is 8. The molecule has 4 amide bonds. The van der Waals surface area contributed by atoms with Gasteiger partial charge in [-0.15, -0.1) is 0 Å². The number of thiol groups is 1. The molecule has 0 heterocycles. The summed E-state index contributed by atoms with van der Waals surface area (Å²) in [6.45, 7) is 1.26. The Morgan fingerprint density at radius 2 is 1.40 bits per heavy atom. The molecule has 4 unspecified atom stereocenters. The summed E-state index contributed by atoms with van der Waals surface area (Å²) in [5.41, 5.74) is 10.5. The number of aliphatic carboxylic acids is 2. The van der Waals surface area contributed by atoms with Crippen molar-refractivity contribution in [2.45, 2.75) is 56.8 Å². The predicted octanol–water partition coefficient (Wildman–Crippen LogP) is -3.07. The number of carboxylic acids is 2. The van der Waals surface area contributed by atoms with Crippen molar-refractivity contribution in [1.82, 2.24) is 16.0 Å². The lowest BCUT2D eigenvalue weighted by Crippen LogP contribution is -2.56. The van der Waals surface area contributed by atoms with E-state index in [1.54, 1.807) is 0 Å². The van der Waals surface area contributed by atoms with Crippen molar-refractivity contribution >= 4 is 48.2 Å². The summed E-state index contributed by atoms with van der Waals surface area (Å²) in [6, 6.07) is -4.95. The molecule has 14 heteroatoms. The van der Waals surface area contributed by atoms with Crippen LogP contribution in [0.3, 0.4) is 0 Å². The minimum atomic E-state index is -1.40. The van der Waals surface area contributed by atoms with Gasteiger partial charge in [-0.1, -0.05) is 0 Å². The van der Waals surface area contributed by atoms with E-state index in [9.17, 15) is 28.8 Å². The molecule has 0 aromatic heterocycles. The number of primary amides is 1. The molecule has 30 heavy (non-hydrogen) atoms. The van der Waals surface area contributed by atoms with Gasteiger partial charge in [0.1, 0.15) is 18.1 Å². The Bertz CT molecular complexity index is 674. The molecule has 0 aliphatic carbocycles. The van der Waals surface area contributed by atoms with Crippen molar-refractivity contribution in [1.29, 1.82) is 0 Å². The second-order valence-corrected chi connectivity index (χ2v) is 6.78. The van der Waals surface area contributed by atoms with Gasteiger partial charge in [0.15, 0.2) is 0 Å². The Hall–Kier alpha value is -2.87. The minimum absolute atomic E-state index is 0.0141. The first-order chi connectivity index (χ1) is 13.9. The van der Waals surface area contributed by atoms with Crippen LogP contribution in [0.25, 0.3) is 0 Å². The van der Waals surface area contributed by atoms with Gasteiger partial charge >= 0.3 is 11.9 Å². The molecule has 0 saturated heterocycles. The van der Waals surface area contributed by atoms with E-state index in [1.165, 1.54) is 6.92 Å². The second-order valence-electron chi connectivity index (χ2n) is 6.42. The van der Waals surface area contributed by atoms with Crippen LogP contribution in [0, 0.1) is 0 Å². The van der Waals surface area contributed by atoms with Gasteiger partial charge in [-0.2, -0.15) is 12.6 Å². The zero-order valence-corrected chi connectivity index (χ0v) is 17.2. The Labute approximate surface area is 177 Å². The number of nitrogens with two attached hydrogens (primary N) is 2. The third-order valence-corrected chi connectivity index (χ3v) is 4.25. The second kappa shape index (κ2) is 13.4. The van der Waals surface area contributed by atoms with Crippen LogP contribution in [-0.4, -0.2) is 75.7 Å². The standard InChI is InChI=1S/C16H27N5O8S/c1-7(13(25)21-10(16(28)29)2-4-11(18)22)19-15(27)9(3-5-12(23)24)20-14(26)8(17)6-30/h7-10,30H,2-6,17H2,1H3,(H2,18,22)(H,19,27)(H,20,26)(H,21,25)(H,23,24)(H,28,29). The van der Waals surface area contributed by atoms with Gasteiger partial charge in [-0.25, -0.2) is 4.79 Å². The number of nitrogens with one attached hydrogen (secondary N) is 3. The third-order valence-electron chi connectivity index (χ3n) is 3.86. The van der Waals surface area contributed by atoms with Crippen molar-refractivity contribution in [3.63, 3.8) is 0 Å². The van der Waals surface area contributed by atoms with E-state index in [0.29, 0.717) is 0 Å². The Morgan fingerprint density at radius 3 is 1.87 bits per heavy atom. The Balaban J connectivity index is 5.05. The van der Waals surface area contributed by atoms with Crippen LogP contribution < -0.4 is 27.4 Å². The maximum atomic E-state index is 12.4. The molecule has 0 aromatic rings. The van der Waals surface area contributed by atoms with Crippen LogP contribution >= 0.6 is 12.6 Å². The monoisotopic (exact) mass is 449 g/mol. The minimum Gasteiger partial charge on any atom is -0.481 e. The fourth-order valence-corrected chi connectivity index (χ4v) is 2.28. The van der Waals surface area contributed by atoms with Gasteiger partial charge in [-0.3, -0.25) is 24.0 Å². The topological polar surface area (TPSA) is 231 Å². The first kappa shape index (κ1) is 27.1. The highest BCUT2D eigenvalue weighted by Crippen LogP contribution is 2.02. The highest BCUT2D eigenvalue weighted by atomic mass is 32.1. The van der Waals surface area contributed by atoms with E-state index >= 15 is 0 Å². The van der Waals surface area contributed by atoms with Crippen molar-refractivity contribution < 1.29 is 39.0 Å². The van der Waals surface area contributed by atoms with E-state index in [1.807, 2.05) is 0 Å². The number of carbonyl (C=O) groups excluding carboxylic acids is 4. The normalized spacial score (nSPS) is 14.5. The number of rotatable bonds is 14. The molecule has 9 N–H and O–H groups in total. The molecular formula is C16H27N5O8S. The summed E-state index contributed by atoms with van der Waals surface area (Å²) in [6.07, 6.45) is -1.22. The van der Waals surface area contributed by atoms with E-state index < -0.39 is 66.2 Å². The van der Waals surface area contributed by atoms with Gasteiger partial charge in [0, 0.05) is 18.6 Å². The maximum Gasteiger partial charge on any atom is 0.326 e. The summed E-state index contributed by atoms with van der Waals surface area (Å²) in [5.74, 6) is -5.81. The molecule has 0 fully saturated rings. The Morgan fingerprint density at radius 1 is 0.867 bits per heavy atom. The fourth-order valence-electron chi connectivity index (χ4n) is 2.12. The lowest BCUT2D eigenvalue weighted by Gasteiger charge is -2.23. The predicted molar refractivity (Wildman–Crippen MR) is 106 cm³/mol. The highest BCUT2D eigenvalue weighted by molar-refractivity contribution is 7.80. The maximum absolute atomic E-state index is 12.4. The first-order valence-electron chi connectivity index (χ1n) is 8.89. The fraction of sp³-hybridized carbons (Fsp3) is 0.625. The van der Waals surface area contributed by atoms with E-state index in [0.717, 1.165) is 0 Å². The summed E-state index contributed by atoms with van der Waals surface area (Å²) in [4.78, 5) is 69.3. The number of hydrogen-bond donors (Lipinski definition) is 8. The van der Waals surface area contributed by atoms with Crippen LogP contribution in [0.4, 0.5) is 0 Å². The highest BCUT2D eigenvalue weighted by Gasteiger charge is 2.28. The molecule has 13 nitrogen and oxygen atoms in total. The summed E-state index contributed by atoms with van der Waals surface area (Å²) in [7, 11) is 0. The summed E-state index contributed by atoms with van der Waals surface area (Å²) >= 11 is 3.86. The SMILES string of the molecule is CC(NC(=O)C(CCC(=O)O)NC(=O)C(N)CS)C(=O)NC(CCC(N)=O)C(=O)O. The zero-order valence-electron chi connectivity index (χ0n) is 16.3. The average Bonchev–Trinajstić information content (AvgIpc) is 2.66. The van der Waals surface area contributed by atoms with E-state index in [-0.39, 0.29) is 25.0 Å². The number of amides is 4. The molecule has 0 aliphatic heterocycles. The van der Waals surface area contributed by atoms with E-state index in [4.69, 9.17) is 21.7 Å². The number of carboxylic acid groups (broad SMARTS) is 2. The van der Waals surface area contributed by atoms with Gasteiger partial charge in [0.05, 0.1) is 6.04 Å². The van der Waals surface area contributed by atoms with Crippen LogP contribution in [0.2, 0.25) is 0 Å². The summed E-state index contributed by atoms with van der Waals surface area (Å²) < 4.78 is 0. The lowest BCUT2D eigenvalue weighted by molar-refractivity contribution is -0.142. The molecule has 4 atom stereocenters. The largest absolute Gasteiger partial charge is 0.481 e. The lowest BCUT2D eigenvalue weighted by atomic mass is 10.1. The molecule has 0 aromatic carbocycles. The van der Waals surface area contributed by atoms with Gasteiger partial charge in [0.2, 0.25) is 23.6 Å². The van der Waals surface area contributed by atoms with Gasteiger partial charge in [-0.05, 0) is 19.8 Å². The van der Waals surface area contributed by atoms with E-state index in [2.05, 4.69) is 28.6 Å². The molecule has 0 aliphatic rings. The van der Waals surface area contributed by atoms with Crippen LogP contribution in [0.5, 0.6) is 0 Å². The van der Waals surface area contributed by atoms with Gasteiger partial charge < -0.3 is 37.6 Å². The molecule has 0 radical (unpaired) electrons. The average molecular weight is 449 g/mol. The third kappa shape index (κ3) is 10.6. The molecular weight excluding hydrogens is 422 g/mol. The molecule has 0 saturated carbocycles. The zero-order chi connectivity index (χ0) is 23.4. The molecule has 0 rings (SSSR count). The molecule has 170 valence electrons. The van der Waals surface area contributed by atoms with Crippen LogP contribution in [-0.2, 0) is 28.8 Å². The quantitative estimate of drug-likeness (QED) is 0.126. The smallest absolute Gasteiger partial charge is 0.326 e. The summed E-state index contributed by atoms with van der Waals surface area (Å²) in [5, 5.41) is 24.6. The van der Waals surface area contributed by atoms with Crippen molar-refractivity contribution in [3.8, 4) is 0 Å². The van der Waals surface area contributed by atoms with Crippen molar-refractivity contribution in [3.05, 3.63) is 0 Å². The Kier molecular flexibility index (Phi) is 12.1. The van der Waals surface area contributed by atoms with Crippen LogP contribution in [0.15, 0.2) is 0 Å². The first-order valence-corrected chi connectivity index (χ1v) is 9.52. The molecule has 0 bridgehead atoms. The van der Waals surface area contributed by atoms with Gasteiger partial charge in [0.25, 0.3) is 0 Å².